The molecule has 1 aromatic rings. The van der Waals surface area contributed by atoms with Crippen molar-refractivity contribution in [3.8, 4) is 5.75 Å². The van der Waals surface area contributed by atoms with E-state index in [2.05, 4.69) is 4.65 Å². The first kappa shape index (κ1) is 9.49. The molecule has 0 bridgehead atoms. The van der Waals surface area contributed by atoms with E-state index in [0.29, 0.717) is 0 Å². The van der Waals surface area contributed by atoms with Gasteiger partial charge < -0.3 is 14.7 Å². The lowest BCUT2D eigenvalue weighted by molar-refractivity contribution is -0.384. The summed E-state index contributed by atoms with van der Waals surface area (Å²) in [5.74, 6) is 0.0317. The van der Waals surface area contributed by atoms with Crippen LogP contribution in [0.1, 0.15) is 0 Å². The van der Waals surface area contributed by atoms with Crippen LogP contribution in [0.15, 0.2) is 24.3 Å². The maximum atomic E-state index is 10.3. The van der Waals surface area contributed by atoms with Gasteiger partial charge in [0.15, 0.2) is 0 Å². The number of hydrogen-bond donors (Lipinski definition) is 2. The van der Waals surface area contributed by atoms with Gasteiger partial charge in [-0.25, -0.2) is 0 Å². The highest BCUT2D eigenvalue weighted by atomic mass is 16.6. The smallest absolute Gasteiger partial charge is 0.512 e. The molecule has 0 radical (unpaired) electrons. The van der Waals surface area contributed by atoms with Gasteiger partial charge in [0.2, 0.25) is 0 Å². The highest BCUT2D eigenvalue weighted by molar-refractivity contribution is 6.33. The van der Waals surface area contributed by atoms with Gasteiger partial charge in [-0.15, -0.1) is 0 Å². The summed E-state index contributed by atoms with van der Waals surface area (Å²) in [4.78, 5) is 9.66. The predicted octanol–water partition coefficient (Wildman–Crippen LogP) is -0.0569. The first-order chi connectivity index (χ1) is 6.09. The molecule has 1 rings (SSSR count). The van der Waals surface area contributed by atoms with Crippen LogP contribution in [0, 0.1) is 10.1 Å². The van der Waals surface area contributed by atoms with Crippen LogP contribution in [0.4, 0.5) is 5.69 Å². The van der Waals surface area contributed by atoms with Crippen molar-refractivity contribution in [2.24, 2.45) is 0 Å². The maximum Gasteiger partial charge on any atom is 0.707 e. The monoisotopic (exact) mass is 183 g/mol. The molecule has 0 unspecified atom stereocenters. The molecule has 13 heavy (non-hydrogen) atoms. The second-order valence-corrected chi connectivity index (χ2v) is 2.20. The van der Waals surface area contributed by atoms with E-state index in [4.69, 9.17) is 10.0 Å². The van der Waals surface area contributed by atoms with Gasteiger partial charge in [0.25, 0.3) is 5.69 Å². The van der Waals surface area contributed by atoms with Crippen LogP contribution in [0.5, 0.6) is 5.75 Å². The molecule has 0 aromatic heterocycles. The van der Waals surface area contributed by atoms with Crippen molar-refractivity contribution in [2.75, 3.05) is 0 Å². The Hall–Kier alpha value is -1.60. The third-order valence-corrected chi connectivity index (χ3v) is 1.27. The molecule has 0 saturated carbocycles. The molecule has 0 amide bonds. The van der Waals surface area contributed by atoms with E-state index >= 15 is 0 Å². The van der Waals surface area contributed by atoms with Crippen molar-refractivity contribution < 1.29 is 19.6 Å². The number of hydrogen-bond acceptors (Lipinski definition) is 5. The van der Waals surface area contributed by atoms with Gasteiger partial charge in [-0.05, 0) is 6.07 Å². The normalized spacial score (nSPS) is 9.38. The fourth-order valence-electron chi connectivity index (χ4n) is 0.792. The van der Waals surface area contributed by atoms with Crippen LogP contribution in [0.3, 0.4) is 0 Å². The first-order valence-electron chi connectivity index (χ1n) is 3.37. The summed E-state index contributed by atoms with van der Waals surface area (Å²) < 4.78 is 4.41. The largest absolute Gasteiger partial charge is 0.707 e. The lowest BCUT2D eigenvalue weighted by Crippen LogP contribution is -2.20. The average molecular weight is 183 g/mol. The fourth-order valence-corrected chi connectivity index (χ4v) is 0.792. The zero-order valence-corrected chi connectivity index (χ0v) is 6.45. The molecule has 68 valence electrons. The lowest BCUT2D eigenvalue weighted by atomic mass is 10.2. The standard InChI is InChI=1S/C6H6BNO5/c9-7(10)13-6-3-1-2-5(4-6)8(11)12/h1-4,9-10H. The second kappa shape index (κ2) is 3.88. The summed E-state index contributed by atoms with van der Waals surface area (Å²) in [5, 5.41) is 27.1. The molecule has 0 aliphatic heterocycles. The summed E-state index contributed by atoms with van der Waals surface area (Å²) in [6.07, 6.45) is 0. The van der Waals surface area contributed by atoms with Gasteiger partial charge in [-0.3, -0.25) is 10.1 Å². The average Bonchev–Trinajstić information content (AvgIpc) is 2.03. The highest BCUT2D eigenvalue weighted by Crippen LogP contribution is 2.18. The summed E-state index contributed by atoms with van der Waals surface area (Å²) in [5.41, 5.74) is -0.168. The summed E-state index contributed by atoms with van der Waals surface area (Å²) >= 11 is 0. The lowest BCUT2D eigenvalue weighted by Gasteiger charge is -2.02. The summed E-state index contributed by atoms with van der Waals surface area (Å²) in [6.45, 7) is 0. The van der Waals surface area contributed by atoms with Crippen LogP contribution in [0.2, 0.25) is 0 Å². The molecule has 1 aromatic carbocycles. The topological polar surface area (TPSA) is 92.8 Å². The van der Waals surface area contributed by atoms with Crippen LogP contribution < -0.4 is 4.65 Å². The third kappa shape index (κ3) is 2.73. The zero-order valence-electron chi connectivity index (χ0n) is 6.45. The minimum Gasteiger partial charge on any atom is -0.512 e. The molecule has 0 heterocycles. The van der Waals surface area contributed by atoms with Gasteiger partial charge in [0.05, 0.1) is 11.0 Å². The van der Waals surface area contributed by atoms with E-state index in [1.165, 1.54) is 18.2 Å². The molecule has 0 fully saturated rings. The van der Waals surface area contributed by atoms with E-state index in [1.54, 1.807) is 0 Å². The fraction of sp³-hybridized carbons (Fsp3) is 0. The first-order valence-corrected chi connectivity index (χ1v) is 3.37. The van der Waals surface area contributed by atoms with Crippen LogP contribution in [-0.4, -0.2) is 22.3 Å². The molecule has 0 saturated heterocycles. The van der Waals surface area contributed by atoms with Crippen molar-refractivity contribution in [3.05, 3.63) is 34.4 Å². The van der Waals surface area contributed by atoms with Crippen LogP contribution in [-0.2, 0) is 0 Å². The highest BCUT2D eigenvalue weighted by Gasteiger charge is 2.13. The molecule has 6 nitrogen and oxygen atoms in total. The number of nitro groups is 1. The quantitative estimate of drug-likeness (QED) is 0.389. The Morgan fingerprint density at radius 2 is 2.15 bits per heavy atom. The SMILES string of the molecule is O=[N+]([O-])c1cccc(OB(O)O)c1. The van der Waals surface area contributed by atoms with Gasteiger partial charge in [-0.2, -0.15) is 0 Å². The van der Waals surface area contributed by atoms with Crippen molar-refractivity contribution in [1.29, 1.82) is 0 Å². The molecule has 2 N–H and O–H groups in total. The maximum absolute atomic E-state index is 10.3. The van der Waals surface area contributed by atoms with E-state index < -0.39 is 12.2 Å². The number of nitrogens with zero attached hydrogens (tertiary/aromatic N) is 1. The van der Waals surface area contributed by atoms with Crippen molar-refractivity contribution >= 4 is 13.0 Å². The number of benzene rings is 1. The van der Waals surface area contributed by atoms with Crippen LogP contribution in [0.25, 0.3) is 0 Å². The van der Waals surface area contributed by atoms with Crippen molar-refractivity contribution in [3.63, 3.8) is 0 Å². The Kier molecular flexibility index (Phi) is 2.83. The molecule has 0 spiro atoms. The molecule has 0 aliphatic carbocycles. The molecular weight excluding hydrogens is 177 g/mol. The minimum atomic E-state index is -1.97. The van der Waals surface area contributed by atoms with Crippen molar-refractivity contribution in [2.45, 2.75) is 0 Å². The van der Waals surface area contributed by atoms with Gasteiger partial charge in [0, 0.05) is 6.07 Å². The molecular formula is C6H6BNO5. The number of non-ortho nitro benzene ring substituents is 1. The Balaban J connectivity index is 2.85. The van der Waals surface area contributed by atoms with Gasteiger partial charge in [-0.1, -0.05) is 6.07 Å². The van der Waals surface area contributed by atoms with E-state index in [9.17, 15) is 10.1 Å². The van der Waals surface area contributed by atoms with E-state index in [1.807, 2.05) is 0 Å². The number of rotatable bonds is 3. The Bertz CT molecular complexity index is 316. The molecule has 0 aliphatic rings. The predicted molar refractivity (Wildman–Crippen MR) is 43.9 cm³/mol. The van der Waals surface area contributed by atoms with Crippen molar-refractivity contribution in [1.82, 2.24) is 0 Å². The molecule has 0 atom stereocenters. The van der Waals surface area contributed by atoms with Gasteiger partial charge >= 0.3 is 7.32 Å². The minimum absolute atomic E-state index is 0.0317. The summed E-state index contributed by atoms with van der Waals surface area (Å²) in [7, 11) is -1.97. The van der Waals surface area contributed by atoms with E-state index in [0.717, 1.165) is 6.07 Å². The Labute approximate surface area is 73.7 Å². The Morgan fingerprint density at radius 1 is 1.46 bits per heavy atom. The molecule has 7 heteroatoms. The Morgan fingerprint density at radius 3 is 2.69 bits per heavy atom. The van der Waals surface area contributed by atoms with Crippen LogP contribution >= 0.6 is 0 Å². The third-order valence-electron chi connectivity index (χ3n) is 1.27. The number of nitro benzene ring substituents is 1. The second-order valence-electron chi connectivity index (χ2n) is 2.20. The summed E-state index contributed by atoms with van der Waals surface area (Å²) in [6, 6.07) is 5.14. The van der Waals surface area contributed by atoms with E-state index in [-0.39, 0.29) is 11.4 Å². The zero-order chi connectivity index (χ0) is 9.84. The van der Waals surface area contributed by atoms with Gasteiger partial charge in [0.1, 0.15) is 5.75 Å².